The number of aromatic nitrogens is 2. The summed E-state index contributed by atoms with van der Waals surface area (Å²) in [4.78, 5) is 0. The summed E-state index contributed by atoms with van der Waals surface area (Å²) in [6, 6.07) is 6.06. The van der Waals surface area contributed by atoms with Crippen LogP contribution >= 0.6 is 0 Å². The smallest absolute Gasteiger partial charge is 0.123 e. The first-order valence-electron chi connectivity index (χ1n) is 5.52. The molecule has 0 aliphatic rings. The van der Waals surface area contributed by atoms with Gasteiger partial charge in [0.1, 0.15) is 5.82 Å². The summed E-state index contributed by atoms with van der Waals surface area (Å²) in [5, 5.41) is 4.32. The van der Waals surface area contributed by atoms with Crippen LogP contribution < -0.4 is 5.73 Å². The molecular weight excluding hydrogens is 217 g/mol. The number of halogens is 1. The molecule has 0 aliphatic carbocycles. The third-order valence-corrected chi connectivity index (χ3v) is 3.08. The van der Waals surface area contributed by atoms with Crippen molar-refractivity contribution in [2.45, 2.75) is 19.9 Å². The number of hydrogen-bond acceptors (Lipinski definition) is 2. The second-order valence-corrected chi connectivity index (χ2v) is 4.24. The largest absolute Gasteiger partial charge is 0.320 e. The standard InChI is InChI=1S/C13H16FN3/c1-8-12(9(2)17(3)16-8)13(15)10-5-4-6-11(14)7-10/h4-7,13H,15H2,1-3H3. The lowest BCUT2D eigenvalue weighted by Crippen LogP contribution is -2.14. The summed E-state index contributed by atoms with van der Waals surface area (Å²) in [7, 11) is 1.88. The van der Waals surface area contributed by atoms with E-state index in [2.05, 4.69) is 5.10 Å². The molecule has 1 unspecified atom stereocenters. The van der Waals surface area contributed by atoms with Crippen molar-refractivity contribution < 1.29 is 4.39 Å². The Labute approximate surface area is 100 Å². The van der Waals surface area contributed by atoms with Crippen LogP contribution in [0.1, 0.15) is 28.6 Å². The van der Waals surface area contributed by atoms with E-state index in [1.807, 2.05) is 27.0 Å². The molecule has 0 radical (unpaired) electrons. The molecule has 2 N–H and O–H groups in total. The van der Waals surface area contributed by atoms with E-state index in [4.69, 9.17) is 5.73 Å². The lowest BCUT2D eigenvalue weighted by molar-refractivity contribution is 0.623. The van der Waals surface area contributed by atoms with Gasteiger partial charge in [0.15, 0.2) is 0 Å². The van der Waals surface area contributed by atoms with Crippen LogP contribution in [0.25, 0.3) is 0 Å². The van der Waals surface area contributed by atoms with Crippen LogP contribution in [0.5, 0.6) is 0 Å². The Hall–Kier alpha value is -1.68. The van der Waals surface area contributed by atoms with Gasteiger partial charge in [-0.25, -0.2) is 4.39 Å². The molecule has 0 bridgehead atoms. The van der Waals surface area contributed by atoms with Crippen LogP contribution in [-0.2, 0) is 7.05 Å². The topological polar surface area (TPSA) is 43.8 Å². The van der Waals surface area contributed by atoms with E-state index in [9.17, 15) is 4.39 Å². The molecule has 1 aromatic heterocycles. The lowest BCUT2D eigenvalue weighted by atomic mass is 9.98. The van der Waals surface area contributed by atoms with Gasteiger partial charge in [-0.3, -0.25) is 4.68 Å². The maximum Gasteiger partial charge on any atom is 0.123 e. The maximum absolute atomic E-state index is 13.2. The van der Waals surface area contributed by atoms with E-state index in [-0.39, 0.29) is 11.9 Å². The number of hydrogen-bond donors (Lipinski definition) is 1. The third-order valence-electron chi connectivity index (χ3n) is 3.08. The van der Waals surface area contributed by atoms with Crippen LogP contribution in [0.3, 0.4) is 0 Å². The van der Waals surface area contributed by atoms with Crippen LogP contribution in [0.2, 0.25) is 0 Å². The van der Waals surface area contributed by atoms with Gasteiger partial charge in [-0.2, -0.15) is 5.10 Å². The van der Waals surface area contributed by atoms with Gasteiger partial charge in [0.2, 0.25) is 0 Å². The van der Waals surface area contributed by atoms with Crippen molar-refractivity contribution in [2.75, 3.05) is 0 Å². The molecule has 2 rings (SSSR count). The lowest BCUT2D eigenvalue weighted by Gasteiger charge is -2.13. The Morgan fingerprint density at radius 2 is 2.06 bits per heavy atom. The Balaban J connectivity index is 2.47. The summed E-state index contributed by atoms with van der Waals surface area (Å²) in [5.41, 5.74) is 9.82. The zero-order chi connectivity index (χ0) is 12.6. The molecular formula is C13H16FN3. The molecule has 0 saturated carbocycles. The van der Waals surface area contributed by atoms with Crippen molar-refractivity contribution >= 4 is 0 Å². The third kappa shape index (κ3) is 2.08. The molecule has 0 saturated heterocycles. The van der Waals surface area contributed by atoms with Gasteiger partial charge in [-0.05, 0) is 31.5 Å². The van der Waals surface area contributed by atoms with Crippen molar-refractivity contribution in [1.82, 2.24) is 9.78 Å². The molecule has 2 aromatic rings. The Morgan fingerprint density at radius 1 is 1.35 bits per heavy atom. The average molecular weight is 233 g/mol. The summed E-state index contributed by atoms with van der Waals surface area (Å²) < 4.78 is 15.0. The van der Waals surface area contributed by atoms with Crippen molar-refractivity contribution in [3.63, 3.8) is 0 Å². The average Bonchev–Trinajstić information content (AvgIpc) is 2.52. The minimum atomic E-state index is -0.334. The highest BCUT2D eigenvalue weighted by molar-refractivity contribution is 5.36. The first-order valence-corrected chi connectivity index (χ1v) is 5.52. The highest BCUT2D eigenvalue weighted by atomic mass is 19.1. The van der Waals surface area contributed by atoms with Gasteiger partial charge in [0.05, 0.1) is 11.7 Å². The Bertz CT molecular complexity index is 546. The van der Waals surface area contributed by atoms with Gasteiger partial charge < -0.3 is 5.73 Å². The quantitative estimate of drug-likeness (QED) is 0.864. The van der Waals surface area contributed by atoms with Gasteiger partial charge in [0.25, 0.3) is 0 Å². The minimum absolute atomic E-state index is 0.267. The van der Waals surface area contributed by atoms with Crippen molar-refractivity contribution in [1.29, 1.82) is 0 Å². The summed E-state index contributed by atoms with van der Waals surface area (Å²) in [6.07, 6.45) is 0. The fraction of sp³-hybridized carbons (Fsp3) is 0.308. The van der Waals surface area contributed by atoms with Crippen LogP contribution in [0.15, 0.2) is 24.3 Å². The number of rotatable bonds is 2. The van der Waals surface area contributed by atoms with Gasteiger partial charge in [-0.15, -0.1) is 0 Å². The number of nitrogens with zero attached hydrogens (tertiary/aromatic N) is 2. The van der Waals surface area contributed by atoms with E-state index in [1.165, 1.54) is 12.1 Å². The minimum Gasteiger partial charge on any atom is -0.320 e. The Morgan fingerprint density at radius 3 is 2.59 bits per heavy atom. The van der Waals surface area contributed by atoms with Crippen LogP contribution in [0.4, 0.5) is 4.39 Å². The highest BCUT2D eigenvalue weighted by Crippen LogP contribution is 2.25. The molecule has 90 valence electrons. The molecule has 4 heteroatoms. The number of benzene rings is 1. The second kappa shape index (κ2) is 4.30. The SMILES string of the molecule is Cc1nn(C)c(C)c1C(N)c1cccc(F)c1. The highest BCUT2D eigenvalue weighted by Gasteiger charge is 2.18. The van der Waals surface area contributed by atoms with Crippen LogP contribution in [0, 0.1) is 19.7 Å². The van der Waals surface area contributed by atoms with Crippen LogP contribution in [-0.4, -0.2) is 9.78 Å². The van der Waals surface area contributed by atoms with E-state index in [0.29, 0.717) is 0 Å². The van der Waals surface area contributed by atoms with E-state index in [1.54, 1.807) is 10.7 Å². The van der Waals surface area contributed by atoms with Crippen molar-refractivity contribution in [2.24, 2.45) is 12.8 Å². The van der Waals surface area contributed by atoms with Gasteiger partial charge in [0, 0.05) is 18.3 Å². The zero-order valence-corrected chi connectivity index (χ0v) is 10.2. The molecule has 0 aliphatic heterocycles. The normalized spacial score (nSPS) is 12.8. The molecule has 1 heterocycles. The zero-order valence-electron chi connectivity index (χ0n) is 10.2. The summed E-state index contributed by atoms with van der Waals surface area (Å²) in [5.74, 6) is -0.267. The predicted octanol–water partition coefficient (Wildman–Crippen LogP) is 2.22. The molecule has 1 aromatic carbocycles. The summed E-state index contributed by atoms with van der Waals surface area (Å²) >= 11 is 0. The fourth-order valence-corrected chi connectivity index (χ4v) is 2.11. The molecule has 1 atom stereocenters. The maximum atomic E-state index is 13.2. The number of aryl methyl sites for hydroxylation is 2. The first kappa shape index (κ1) is 11.8. The van der Waals surface area contributed by atoms with Gasteiger partial charge >= 0.3 is 0 Å². The van der Waals surface area contributed by atoms with E-state index >= 15 is 0 Å². The van der Waals surface area contributed by atoms with E-state index < -0.39 is 0 Å². The molecule has 0 fully saturated rings. The van der Waals surface area contributed by atoms with E-state index in [0.717, 1.165) is 22.5 Å². The fourth-order valence-electron chi connectivity index (χ4n) is 2.11. The molecule has 3 nitrogen and oxygen atoms in total. The van der Waals surface area contributed by atoms with Gasteiger partial charge in [-0.1, -0.05) is 12.1 Å². The molecule has 0 amide bonds. The second-order valence-electron chi connectivity index (χ2n) is 4.24. The monoisotopic (exact) mass is 233 g/mol. The van der Waals surface area contributed by atoms with Crippen molar-refractivity contribution in [3.05, 3.63) is 52.6 Å². The predicted molar refractivity (Wildman–Crippen MR) is 65.1 cm³/mol. The molecule has 17 heavy (non-hydrogen) atoms. The first-order chi connectivity index (χ1) is 8.00. The van der Waals surface area contributed by atoms with Crippen molar-refractivity contribution in [3.8, 4) is 0 Å². The number of nitrogens with two attached hydrogens (primary N) is 1. The summed E-state index contributed by atoms with van der Waals surface area (Å²) in [6.45, 7) is 3.88. The molecule has 0 spiro atoms. The Kier molecular flexibility index (Phi) is 2.98.